The first-order valence-corrected chi connectivity index (χ1v) is 7.73. The highest BCUT2D eigenvalue weighted by Gasteiger charge is 2.37. The lowest BCUT2D eigenvalue weighted by molar-refractivity contribution is -0.123. The van der Waals surface area contributed by atoms with Crippen molar-refractivity contribution in [3.8, 4) is 0 Å². The molecule has 0 bridgehead atoms. The number of carbonyl (C=O) groups is 1. The van der Waals surface area contributed by atoms with Crippen LogP contribution in [0.3, 0.4) is 0 Å². The van der Waals surface area contributed by atoms with Gasteiger partial charge in [-0.05, 0) is 45.1 Å². The highest BCUT2D eigenvalue weighted by molar-refractivity contribution is 5.83. The predicted molar refractivity (Wildman–Crippen MR) is 70.5 cm³/mol. The summed E-state index contributed by atoms with van der Waals surface area (Å²) in [6.07, 6.45) is 9.76. The van der Waals surface area contributed by atoms with E-state index < -0.39 is 0 Å². The minimum absolute atomic E-state index is 0.340. The summed E-state index contributed by atoms with van der Waals surface area (Å²) >= 11 is 0. The molecule has 3 unspecified atom stereocenters. The Balaban J connectivity index is 1.63. The number of hydrogen-bond acceptors (Lipinski definition) is 3. The van der Waals surface area contributed by atoms with Crippen LogP contribution in [0.4, 0.5) is 0 Å². The lowest BCUT2D eigenvalue weighted by atomic mass is 9.88. The summed E-state index contributed by atoms with van der Waals surface area (Å²) in [6.45, 7) is 3.17. The third-order valence-electron chi connectivity index (χ3n) is 4.94. The summed E-state index contributed by atoms with van der Waals surface area (Å²) in [6, 6.07) is 0.526. The van der Waals surface area contributed by atoms with E-state index >= 15 is 0 Å². The fourth-order valence-electron chi connectivity index (χ4n) is 4.00. The van der Waals surface area contributed by atoms with Crippen molar-refractivity contribution >= 4 is 5.78 Å². The molecule has 2 aliphatic heterocycles. The Bertz CT molecular complexity index is 299. The first-order valence-electron chi connectivity index (χ1n) is 7.73. The van der Waals surface area contributed by atoms with Crippen LogP contribution in [0.25, 0.3) is 0 Å². The number of piperidine rings is 1. The molecule has 1 saturated carbocycles. The Hall–Kier alpha value is -0.410. The van der Waals surface area contributed by atoms with E-state index in [1.807, 2.05) is 0 Å². The Labute approximate surface area is 110 Å². The molecule has 0 aromatic heterocycles. The van der Waals surface area contributed by atoms with E-state index in [0.29, 0.717) is 23.8 Å². The topological polar surface area (TPSA) is 29.5 Å². The number of Topliss-reactive ketones (excluding diaryl/α,β-unsaturated/α-hetero) is 1. The molecule has 0 amide bonds. The van der Waals surface area contributed by atoms with Crippen LogP contribution >= 0.6 is 0 Å². The zero-order chi connectivity index (χ0) is 12.4. The number of rotatable bonds is 3. The summed E-state index contributed by atoms with van der Waals surface area (Å²) < 4.78 is 5.77. The number of hydrogen-bond donors (Lipinski definition) is 0. The molecule has 2 saturated heterocycles. The van der Waals surface area contributed by atoms with Gasteiger partial charge in [0, 0.05) is 31.5 Å². The van der Waals surface area contributed by atoms with Crippen LogP contribution in [0, 0.1) is 5.92 Å². The molecule has 0 spiro atoms. The van der Waals surface area contributed by atoms with Gasteiger partial charge in [-0.1, -0.05) is 6.42 Å². The zero-order valence-corrected chi connectivity index (χ0v) is 11.3. The average molecular weight is 251 g/mol. The Morgan fingerprint density at radius 2 is 2.06 bits per heavy atom. The van der Waals surface area contributed by atoms with Gasteiger partial charge in [0.15, 0.2) is 0 Å². The van der Waals surface area contributed by atoms with E-state index in [2.05, 4.69) is 4.90 Å². The van der Waals surface area contributed by atoms with Gasteiger partial charge >= 0.3 is 0 Å². The van der Waals surface area contributed by atoms with Crippen LogP contribution in [0.15, 0.2) is 0 Å². The second-order valence-electron chi connectivity index (χ2n) is 6.16. The second-order valence-corrected chi connectivity index (χ2v) is 6.16. The number of likely N-dealkylation sites (tertiary alicyclic amines) is 1. The lowest BCUT2D eigenvalue weighted by Gasteiger charge is -2.39. The van der Waals surface area contributed by atoms with Crippen LogP contribution in [0.5, 0.6) is 0 Å². The number of carbonyl (C=O) groups excluding carboxylic acids is 1. The maximum absolute atomic E-state index is 12.0. The van der Waals surface area contributed by atoms with E-state index in [4.69, 9.17) is 4.74 Å². The van der Waals surface area contributed by atoms with Crippen molar-refractivity contribution in [2.75, 3.05) is 19.7 Å². The first-order chi connectivity index (χ1) is 8.84. The molecule has 0 aromatic carbocycles. The van der Waals surface area contributed by atoms with Crippen molar-refractivity contribution in [3.63, 3.8) is 0 Å². The number of ether oxygens (including phenoxy) is 1. The third-order valence-corrected chi connectivity index (χ3v) is 4.94. The molecule has 0 radical (unpaired) electrons. The van der Waals surface area contributed by atoms with Gasteiger partial charge in [-0.2, -0.15) is 0 Å². The van der Waals surface area contributed by atoms with E-state index in [-0.39, 0.29) is 0 Å². The molecule has 2 heterocycles. The maximum atomic E-state index is 12.0. The highest BCUT2D eigenvalue weighted by Crippen LogP contribution is 2.33. The van der Waals surface area contributed by atoms with E-state index in [9.17, 15) is 4.79 Å². The molecule has 0 aromatic rings. The SMILES string of the molecule is O=C1CCCC1C1CCCCN1CC1CCCO1. The molecule has 3 nitrogen and oxygen atoms in total. The van der Waals surface area contributed by atoms with Gasteiger partial charge in [-0.25, -0.2) is 0 Å². The average Bonchev–Trinajstić information content (AvgIpc) is 3.02. The van der Waals surface area contributed by atoms with Crippen molar-refractivity contribution in [2.24, 2.45) is 5.92 Å². The van der Waals surface area contributed by atoms with Crippen LogP contribution < -0.4 is 0 Å². The quantitative estimate of drug-likeness (QED) is 0.771. The van der Waals surface area contributed by atoms with E-state index in [1.54, 1.807) is 0 Å². The molecule has 3 aliphatic rings. The number of nitrogens with zero attached hydrogens (tertiary/aromatic N) is 1. The highest BCUT2D eigenvalue weighted by atomic mass is 16.5. The van der Waals surface area contributed by atoms with Crippen LogP contribution in [-0.4, -0.2) is 42.5 Å². The molecule has 3 rings (SSSR count). The van der Waals surface area contributed by atoms with Crippen molar-refractivity contribution in [2.45, 2.75) is 63.5 Å². The minimum atomic E-state index is 0.340. The van der Waals surface area contributed by atoms with Crippen LogP contribution in [-0.2, 0) is 9.53 Å². The van der Waals surface area contributed by atoms with E-state index in [0.717, 1.165) is 32.4 Å². The third kappa shape index (κ3) is 2.62. The molecule has 3 fully saturated rings. The molecular formula is C15H25NO2. The van der Waals surface area contributed by atoms with Crippen molar-refractivity contribution in [1.29, 1.82) is 0 Å². The van der Waals surface area contributed by atoms with Gasteiger partial charge in [0.1, 0.15) is 5.78 Å². The van der Waals surface area contributed by atoms with Gasteiger partial charge in [-0.15, -0.1) is 0 Å². The fourth-order valence-corrected chi connectivity index (χ4v) is 4.00. The predicted octanol–water partition coefficient (Wildman–Crippen LogP) is 2.39. The lowest BCUT2D eigenvalue weighted by Crippen LogP contribution is -2.48. The smallest absolute Gasteiger partial charge is 0.137 e. The van der Waals surface area contributed by atoms with Gasteiger partial charge < -0.3 is 4.74 Å². The largest absolute Gasteiger partial charge is 0.377 e. The second kappa shape index (κ2) is 5.70. The number of ketones is 1. The molecule has 3 atom stereocenters. The van der Waals surface area contributed by atoms with Crippen molar-refractivity contribution in [3.05, 3.63) is 0 Å². The molecule has 102 valence electrons. The van der Waals surface area contributed by atoms with Gasteiger partial charge in [-0.3, -0.25) is 9.69 Å². The molecule has 3 heteroatoms. The maximum Gasteiger partial charge on any atom is 0.137 e. The molecule has 1 aliphatic carbocycles. The normalized spacial score (nSPS) is 38.4. The summed E-state index contributed by atoms with van der Waals surface area (Å²) in [5, 5.41) is 0. The Morgan fingerprint density at radius 3 is 2.78 bits per heavy atom. The van der Waals surface area contributed by atoms with Gasteiger partial charge in [0.2, 0.25) is 0 Å². The first kappa shape index (κ1) is 12.6. The van der Waals surface area contributed by atoms with E-state index in [1.165, 1.54) is 38.6 Å². The van der Waals surface area contributed by atoms with Gasteiger partial charge in [0.05, 0.1) is 6.10 Å². The molecule has 18 heavy (non-hydrogen) atoms. The van der Waals surface area contributed by atoms with Crippen LogP contribution in [0.2, 0.25) is 0 Å². The summed E-state index contributed by atoms with van der Waals surface area (Å²) in [5.74, 6) is 0.867. The standard InChI is InChI=1S/C15H25NO2/c17-15-8-3-6-13(15)14-7-1-2-9-16(14)11-12-5-4-10-18-12/h12-14H,1-11H2. The minimum Gasteiger partial charge on any atom is -0.377 e. The fraction of sp³-hybridized carbons (Fsp3) is 0.933. The van der Waals surface area contributed by atoms with Gasteiger partial charge in [0.25, 0.3) is 0 Å². The van der Waals surface area contributed by atoms with Crippen LogP contribution in [0.1, 0.15) is 51.4 Å². The van der Waals surface area contributed by atoms with Crippen molar-refractivity contribution < 1.29 is 9.53 Å². The van der Waals surface area contributed by atoms with Crippen molar-refractivity contribution in [1.82, 2.24) is 4.90 Å². The molecule has 0 N–H and O–H groups in total. The summed E-state index contributed by atoms with van der Waals surface area (Å²) in [4.78, 5) is 14.6. The Morgan fingerprint density at radius 1 is 1.11 bits per heavy atom. The monoisotopic (exact) mass is 251 g/mol. The summed E-state index contributed by atoms with van der Waals surface area (Å²) in [5.41, 5.74) is 0. The Kier molecular flexibility index (Phi) is 4.00. The zero-order valence-electron chi connectivity index (χ0n) is 11.3. The summed E-state index contributed by atoms with van der Waals surface area (Å²) in [7, 11) is 0. The molecular weight excluding hydrogens is 226 g/mol.